The number of nitrogens with zero attached hydrogens (tertiary/aromatic N) is 2. The molecule has 1 fully saturated rings. The molecule has 0 bridgehead atoms. The summed E-state index contributed by atoms with van der Waals surface area (Å²) in [7, 11) is 0. The highest BCUT2D eigenvalue weighted by Gasteiger charge is 2.55. The first-order chi connectivity index (χ1) is 18.5. The lowest BCUT2D eigenvalue weighted by molar-refractivity contribution is -0.384. The van der Waals surface area contributed by atoms with Crippen LogP contribution in [0.3, 0.4) is 0 Å². The Morgan fingerprint density at radius 1 is 0.737 bits per heavy atom. The molecular weight excluding hydrogens is 476 g/mol. The van der Waals surface area contributed by atoms with Crippen molar-refractivity contribution >= 4 is 29.0 Å². The molecule has 6 heteroatoms. The lowest BCUT2D eigenvalue weighted by Gasteiger charge is -2.35. The van der Waals surface area contributed by atoms with Crippen LogP contribution < -0.4 is 4.90 Å². The highest BCUT2D eigenvalue weighted by molar-refractivity contribution is 6.07. The van der Waals surface area contributed by atoms with Gasteiger partial charge in [0, 0.05) is 34.9 Å². The van der Waals surface area contributed by atoms with Crippen LogP contribution in [0.5, 0.6) is 0 Å². The second-order valence-corrected chi connectivity index (χ2v) is 9.62. The highest BCUT2D eigenvalue weighted by Crippen LogP contribution is 2.50. The molecule has 0 amide bonds. The zero-order valence-corrected chi connectivity index (χ0v) is 20.4. The molecule has 186 valence electrons. The Balaban J connectivity index is 1.57. The van der Waals surface area contributed by atoms with Crippen LogP contribution in [0.15, 0.2) is 115 Å². The average molecular weight is 501 g/mol. The summed E-state index contributed by atoms with van der Waals surface area (Å²) in [6.07, 6.45) is 4.04. The summed E-state index contributed by atoms with van der Waals surface area (Å²) in [5.41, 5.74) is 3.41. The molecule has 2 aliphatic rings. The number of para-hydroxylation sites is 1. The summed E-state index contributed by atoms with van der Waals surface area (Å²) < 4.78 is 0. The third-order valence-corrected chi connectivity index (χ3v) is 7.56. The Morgan fingerprint density at radius 2 is 1.39 bits per heavy atom. The van der Waals surface area contributed by atoms with Gasteiger partial charge >= 0.3 is 0 Å². The Bertz CT molecular complexity index is 1560. The van der Waals surface area contributed by atoms with Crippen molar-refractivity contribution in [2.45, 2.75) is 18.0 Å². The minimum Gasteiger partial charge on any atom is -0.353 e. The van der Waals surface area contributed by atoms with Gasteiger partial charge in [-0.15, -0.1) is 0 Å². The first-order valence-electron chi connectivity index (χ1n) is 12.5. The van der Waals surface area contributed by atoms with Crippen LogP contribution in [-0.2, 0) is 0 Å². The molecule has 0 saturated carbocycles. The second-order valence-electron chi connectivity index (χ2n) is 9.62. The largest absolute Gasteiger partial charge is 0.353 e. The first kappa shape index (κ1) is 23.6. The molecule has 2 heterocycles. The quantitative estimate of drug-likeness (QED) is 0.175. The maximum atomic E-state index is 14.4. The molecule has 0 aromatic heterocycles. The SMILES string of the molecule is O=C(c1ccccc1)[C@H]1[C@H](c2ccccc2)[C@@H](C(=O)c2cccc([N+](=O)[O-])c2)N2c3ccccc3C=C[C@@H]12. The molecule has 4 atom stereocenters. The molecule has 38 heavy (non-hydrogen) atoms. The lowest BCUT2D eigenvalue weighted by atomic mass is 9.76. The number of rotatable bonds is 6. The van der Waals surface area contributed by atoms with Crippen LogP contribution >= 0.6 is 0 Å². The van der Waals surface area contributed by atoms with Gasteiger partial charge in [-0.2, -0.15) is 0 Å². The zero-order valence-electron chi connectivity index (χ0n) is 20.4. The van der Waals surface area contributed by atoms with Crippen LogP contribution in [0.25, 0.3) is 6.08 Å². The number of Topliss-reactive ketones (excluding diaryl/α,β-unsaturated/α-hetero) is 2. The molecule has 1 saturated heterocycles. The maximum Gasteiger partial charge on any atom is 0.270 e. The number of anilines is 1. The van der Waals surface area contributed by atoms with Crippen molar-refractivity contribution in [3.63, 3.8) is 0 Å². The molecule has 0 aliphatic carbocycles. The Kier molecular flexibility index (Phi) is 5.92. The Hall–Kier alpha value is -4.84. The van der Waals surface area contributed by atoms with Crippen LogP contribution in [0.2, 0.25) is 0 Å². The summed E-state index contributed by atoms with van der Waals surface area (Å²) in [5, 5.41) is 11.5. The van der Waals surface area contributed by atoms with Gasteiger partial charge in [-0.1, -0.05) is 103 Å². The highest BCUT2D eigenvalue weighted by atomic mass is 16.6. The normalized spacial score (nSPS) is 21.4. The van der Waals surface area contributed by atoms with Crippen molar-refractivity contribution in [1.82, 2.24) is 0 Å². The summed E-state index contributed by atoms with van der Waals surface area (Å²) in [5.74, 6) is -1.30. The molecule has 0 radical (unpaired) electrons. The molecule has 0 unspecified atom stereocenters. The van der Waals surface area contributed by atoms with E-state index in [4.69, 9.17) is 0 Å². The van der Waals surface area contributed by atoms with E-state index in [0.29, 0.717) is 5.56 Å². The maximum absolute atomic E-state index is 14.4. The molecule has 2 aliphatic heterocycles. The van der Waals surface area contributed by atoms with E-state index in [1.165, 1.54) is 18.2 Å². The van der Waals surface area contributed by atoms with Gasteiger partial charge < -0.3 is 4.90 Å². The van der Waals surface area contributed by atoms with E-state index < -0.39 is 22.8 Å². The van der Waals surface area contributed by atoms with Gasteiger partial charge in [0.05, 0.1) is 16.9 Å². The van der Waals surface area contributed by atoms with E-state index in [1.807, 2.05) is 97.1 Å². The molecule has 0 spiro atoms. The van der Waals surface area contributed by atoms with Gasteiger partial charge in [-0.3, -0.25) is 19.7 Å². The monoisotopic (exact) mass is 500 g/mol. The van der Waals surface area contributed by atoms with Crippen molar-refractivity contribution < 1.29 is 14.5 Å². The van der Waals surface area contributed by atoms with Crippen LogP contribution in [-0.4, -0.2) is 28.6 Å². The summed E-state index contributed by atoms with van der Waals surface area (Å²) >= 11 is 0. The van der Waals surface area contributed by atoms with Gasteiger partial charge in [0.2, 0.25) is 0 Å². The number of carbonyl (C=O) groups is 2. The summed E-state index contributed by atoms with van der Waals surface area (Å²) in [6.45, 7) is 0. The van der Waals surface area contributed by atoms with Crippen LogP contribution in [0.1, 0.15) is 37.8 Å². The van der Waals surface area contributed by atoms with Gasteiger partial charge in [-0.05, 0) is 17.2 Å². The van der Waals surface area contributed by atoms with Gasteiger partial charge in [0.1, 0.15) is 6.04 Å². The second kappa shape index (κ2) is 9.56. The third-order valence-electron chi connectivity index (χ3n) is 7.56. The number of hydrogen-bond acceptors (Lipinski definition) is 5. The van der Waals surface area contributed by atoms with E-state index in [-0.39, 0.29) is 28.9 Å². The van der Waals surface area contributed by atoms with Crippen LogP contribution in [0.4, 0.5) is 11.4 Å². The Morgan fingerprint density at radius 3 is 2.13 bits per heavy atom. The van der Waals surface area contributed by atoms with Gasteiger partial charge in [0.25, 0.3) is 5.69 Å². The zero-order chi connectivity index (χ0) is 26.2. The minimum absolute atomic E-state index is 0.0344. The predicted molar refractivity (Wildman–Crippen MR) is 146 cm³/mol. The van der Waals surface area contributed by atoms with E-state index in [0.717, 1.165) is 16.8 Å². The first-order valence-corrected chi connectivity index (χ1v) is 12.5. The molecule has 6 rings (SSSR count). The number of ketones is 2. The topological polar surface area (TPSA) is 80.5 Å². The number of nitro benzene ring substituents is 1. The van der Waals surface area contributed by atoms with Gasteiger partial charge in [0.15, 0.2) is 11.6 Å². The number of fused-ring (bicyclic) bond motifs is 3. The minimum atomic E-state index is -0.742. The smallest absolute Gasteiger partial charge is 0.270 e. The molecule has 4 aromatic rings. The predicted octanol–water partition coefficient (Wildman–Crippen LogP) is 6.34. The van der Waals surface area contributed by atoms with Crippen molar-refractivity contribution in [2.24, 2.45) is 5.92 Å². The standard InChI is InChI=1S/C32H24N2O4/c35-31(23-13-5-2-6-14-23)29-27-19-18-21-10-7-8-17-26(21)33(27)30(28(29)22-11-3-1-4-12-22)32(36)24-15-9-16-25(20-24)34(37)38/h1-20,27-30H/t27-,28-,29+,30-/m0/s1. The fourth-order valence-electron chi connectivity index (χ4n) is 5.94. The molecule has 4 aromatic carbocycles. The average Bonchev–Trinajstić information content (AvgIpc) is 3.33. The van der Waals surface area contributed by atoms with E-state index in [9.17, 15) is 19.7 Å². The number of hydrogen-bond donors (Lipinski definition) is 0. The molecular formula is C32H24N2O4. The van der Waals surface area contributed by atoms with Crippen molar-refractivity contribution in [2.75, 3.05) is 4.90 Å². The number of non-ortho nitro benzene ring substituents is 1. The summed E-state index contributed by atoms with van der Waals surface area (Å²) in [6, 6.07) is 31.4. The van der Waals surface area contributed by atoms with E-state index >= 15 is 0 Å². The van der Waals surface area contributed by atoms with Gasteiger partial charge in [-0.25, -0.2) is 0 Å². The van der Waals surface area contributed by atoms with Crippen molar-refractivity contribution in [3.8, 4) is 0 Å². The number of benzene rings is 4. The van der Waals surface area contributed by atoms with Crippen molar-refractivity contribution in [3.05, 3.63) is 148 Å². The summed E-state index contributed by atoms with van der Waals surface area (Å²) in [4.78, 5) is 41.6. The Labute approximate surface area is 220 Å². The third kappa shape index (κ3) is 3.91. The van der Waals surface area contributed by atoms with E-state index in [1.54, 1.807) is 6.07 Å². The van der Waals surface area contributed by atoms with E-state index in [2.05, 4.69) is 4.90 Å². The number of nitro groups is 1. The van der Waals surface area contributed by atoms with Crippen molar-refractivity contribution in [1.29, 1.82) is 0 Å². The fourth-order valence-corrected chi connectivity index (χ4v) is 5.94. The fraction of sp³-hybridized carbons (Fsp3) is 0.125. The lowest BCUT2D eigenvalue weighted by Crippen LogP contribution is -2.43. The molecule has 0 N–H and O–H groups in total. The molecule has 6 nitrogen and oxygen atoms in total. The number of carbonyl (C=O) groups excluding carboxylic acids is 2. The van der Waals surface area contributed by atoms with Crippen LogP contribution in [0, 0.1) is 16.0 Å².